The maximum Gasteiger partial charge on any atom is 0.0815 e. The predicted octanol–water partition coefficient (Wildman–Crippen LogP) is 1.80. The number of aromatic nitrogens is 1. The first-order valence-electron chi connectivity index (χ1n) is 6.83. The first-order valence-corrected chi connectivity index (χ1v) is 6.83. The molecule has 1 aromatic heterocycles. The number of nitrogens with one attached hydrogen (secondary N) is 2. The lowest BCUT2D eigenvalue weighted by Crippen LogP contribution is -2.44. The van der Waals surface area contributed by atoms with Gasteiger partial charge in [-0.2, -0.15) is 0 Å². The van der Waals surface area contributed by atoms with Crippen LogP contribution in [0, 0.1) is 0 Å². The maximum absolute atomic E-state index is 10.4. The number of para-hydroxylation sites is 1. The second kappa shape index (κ2) is 5.33. The average Bonchev–Trinajstić information content (AvgIpc) is 2.83. The van der Waals surface area contributed by atoms with Crippen LogP contribution in [0.4, 0.5) is 0 Å². The van der Waals surface area contributed by atoms with Crippen LogP contribution >= 0.6 is 0 Å². The fraction of sp³-hybridized carbons (Fsp3) is 0.467. The molecule has 2 heterocycles. The summed E-state index contributed by atoms with van der Waals surface area (Å²) in [5, 5.41) is 15.0. The summed E-state index contributed by atoms with van der Waals surface area (Å²) in [6.07, 6.45) is 3.47. The molecular weight excluding hydrogens is 240 g/mol. The fourth-order valence-electron chi connectivity index (χ4n) is 2.64. The predicted molar refractivity (Wildman–Crippen MR) is 75.0 cm³/mol. The summed E-state index contributed by atoms with van der Waals surface area (Å²) < 4.78 is 5.28. The molecule has 0 aliphatic carbocycles. The van der Waals surface area contributed by atoms with Gasteiger partial charge in [0.1, 0.15) is 0 Å². The molecule has 3 N–H and O–H groups in total. The molecule has 1 aromatic carbocycles. The molecule has 0 spiro atoms. The lowest BCUT2D eigenvalue weighted by Gasteiger charge is -2.32. The first kappa shape index (κ1) is 12.7. The summed E-state index contributed by atoms with van der Waals surface area (Å²) in [5.74, 6) is 0. The zero-order valence-corrected chi connectivity index (χ0v) is 11.0. The fourth-order valence-corrected chi connectivity index (χ4v) is 2.64. The number of benzene rings is 1. The van der Waals surface area contributed by atoms with Gasteiger partial charge in [0.15, 0.2) is 0 Å². The van der Waals surface area contributed by atoms with Crippen molar-refractivity contribution in [2.75, 3.05) is 19.8 Å². The first-order chi connectivity index (χ1) is 9.27. The molecule has 102 valence electrons. The molecular formula is C15H20N2O2. The lowest BCUT2D eigenvalue weighted by atomic mass is 9.94. The lowest BCUT2D eigenvalue weighted by molar-refractivity contribution is -0.0616. The maximum atomic E-state index is 10.4. The van der Waals surface area contributed by atoms with Gasteiger partial charge < -0.3 is 20.1 Å². The minimum Gasteiger partial charge on any atom is -0.388 e. The van der Waals surface area contributed by atoms with E-state index in [9.17, 15) is 5.11 Å². The number of H-pyrrole nitrogens is 1. The van der Waals surface area contributed by atoms with Crippen LogP contribution in [0.15, 0.2) is 30.5 Å². The number of fused-ring (bicyclic) bond motifs is 1. The molecule has 1 fully saturated rings. The van der Waals surface area contributed by atoms with Gasteiger partial charge in [-0.25, -0.2) is 0 Å². The molecule has 0 atom stereocenters. The van der Waals surface area contributed by atoms with E-state index in [0.29, 0.717) is 32.6 Å². The van der Waals surface area contributed by atoms with E-state index in [1.807, 2.05) is 18.3 Å². The number of rotatable bonds is 4. The molecule has 0 bridgehead atoms. The van der Waals surface area contributed by atoms with Crippen molar-refractivity contribution in [1.29, 1.82) is 0 Å². The van der Waals surface area contributed by atoms with Crippen molar-refractivity contribution < 1.29 is 9.84 Å². The van der Waals surface area contributed by atoms with Crippen molar-refractivity contribution in [3.8, 4) is 0 Å². The number of aromatic amines is 1. The monoisotopic (exact) mass is 260 g/mol. The van der Waals surface area contributed by atoms with Crippen LogP contribution in [0.2, 0.25) is 0 Å². The third-order valence-electron chi connectivity index (χ3n) is 3.87. The molecule has 3 rings (SSSR count). The summed E-state index contributed by atoms with van der Waals surface area (Å²) >= 11 is 0. The Morgan fingerprint density at radius 1 is 1.26 bits per heavy atom. The third-order valence-corrected chi connectivity index (χ3v) is 3.87. The number of hydrogen-bond acceptors (Lipinski definition) is 3. The van der Waals surface area contributed by atoms with Gasteiger partial charge in [0, 0.05) is 56.2 Å². The summed E-state index contributed by atoms with van der Waals surface area (Å²) in [4.78, 5) is 3.26. The van der Waals surface area contributed by atoms with Gasteiger partial charge in [-0.1, -0.05) is 18.2 Å². The topological polar surface area (TPSA) is 57.3 Å². The molecule has 0 saturated carbocycles. The molecule has 0 amide bonds. The van der Waals surface area contributed by atoms with E-state index in [1.54, 1.807) is 0 Å². The van der Waals surface area contributed by atoms with Crippen molar-refractivity contribution in [2.24, 2.45) is 0 Å². The highest BCUT2D eigenvalue weighted by atomic mass is 16.5. The SMILES string of the molecule is OC1(CNCc2c[nH]c3ccccc23)CCOCC1. The van der Waals surface area contributed by atoms with Crippen LogP contribution in [0.1, 0.15) is 18.4 Å². The van der Waals surface area contributed by atoms with Gasteiger partial charge in [-0.15, -0.1) is 0 Å². The van der Waals surface area contributed by atoms with Gasteiger partial charge in [0.25, 0.3) is 0 Å². The largest absolute Gasteiger partial charge is 0.388 e. The molecule has 4 nitrogen and oxygen atoms in total. The molecule has 2 aromatic rings. The van der Waals surface area contributed by atoms with Crippen molar-refractivity contribution in [2.45, 2.75) is 25.0 Å². The number of aliphatic hydroxyl groups is 1. The van der Waals surface area contributed by atoms with E-state index in [0.717, 1.165) is 12.1 Å². The summed E-state index contributed by atoms with van der Waals surface area (Å²) in [6, 6.07) is 8.27. The van der Waals surface area contributed by atoms with E-state index < -0.39 is 5.60 Å². The minimum absolute atomic E-state index is 0.607. The summed E-state index contributed by atoms with van der Waals surface area (Å²) in [6.45, 7) is 2.71. The highest BCUT2D eigenvalue weighted by molar-refractivity contribution is 5.82. The Balaban J connectivity index is 1.60. The van der Waals surface area contributed by atoms with Gasteiger partial charge in [-0.05, 0) is 11.6 Å². The zero-order chi connectivity index (χ0) is 13.1. The molecule has 19 heavy (non-hydrogen) atoms. The van der Waals surface area contributed by atoms with Gasteiger partial charge in [-0.3, -0.25) is 0 Å². The Morgan fingerprint density at radius 3 is 2.89 bits per heavy atom. The quantitative estimate of drug-likeness (QED) is 0.785. The van der Waals surface area contributed by atoms with Crippen LogP contribution in [0.25, 0.3) is 10.9 Å². The molecule has 4 heteroatoms. The van der Waals surface area contributed by atoms with Crippen molar-refractivity contribution in [3.63, 3.8) is 0 Å². The van der Waals surface area contributed by atoms with Crippen molar-refractivity contribution >= 4 is 10.9 Å². The molecule has 1 saturated heterocycles. The number of hydrogen-bond donors (Lipinski definition) is 3. The summed E-state index contributed by atoms with van der Waals surface area (Å²) in [7, 11) is 0. The van der Waals surface area contributed by atoms with Gasteiger partial charge in [0.2, 0.25) is 0 Å². The van der Waals surface area contributed by atoms with Crippen molar-refractivity contribution in [3.05, 3.63) is 36.0 Å². The molecule has 1 aliphatic heterocycles. The Bertz CT molecular complexity index is 544. The molecule has 0 radical (unpaired) electrons. The van der Waals surface area contributed by atoms with E-state index in [1.165, 1.54) is 10.9 Å². The Labute approximate surface area is 112 Å². The zero-order valence-electron chi connectivity index (χ0n) is 11.0. The normalized spacial score (nSPS) is 18.8. The van der Waals surface area contributed by atoms with Crippen LogP contribution in [0.5, 0.6) is 0 Å². The number of ether oxygens (including phenoxy) is 1. The van der Waals surface area contributed by atoms with Crippen molar-refractivity contribution in [1.82, 2.24) is 10.3 Å². The van der Waals surface area contributed by atoms with Crippen LogP contribution in [-0.4, -0.2) is 35.5 Å². The highest BCUT2D eigenvalue weighted by Gasteiger charge is 2.29. The van der Waals surface area contributed by atoms with E-state index >= 15 is 0 Å². The summed E-state index contributed by atoms with van der Waals surface area (Å²) in [5.41, 5.74) is 1.79. The van der Waals surface area contributed by atoms with E-state index in [2.05, 4.69) is 22.4 Å². The molecule has 1 aliphatic rings. The van der Waals surface area contributed by atoms with Gasteiger partial charge >= 0.3 is 0 Å². The second-order valence-corrected chi connectivity index (χ2v) is 5.30. The van der Waals surface area contributed by atoms with E-state index in [4.69, 9.17) is 4.74 Å². The standard InChI is InChI=1S/C15H20N2O2/c18-15(5-7-19-8-6-15)11-16-9-12-10-17-14-4-2-1-3-13(12)14/h1-4,10,16-18H,5-9,11H2. The second-order valence-electron chi connectivity index (χ2n) is 5.30. The minimum atomic E-state index is -0.607. The Morgan fingerprint density at radius 2 is 2.05 bits per heavy atom. The van der Waals surface area contributed by atoms with E-state index in [-0.39, 0.29) is 0 Å². The highest BCUT2D eigenvalue weighted by Crippen LogP contribution is 2.20. The van der Waals surface area contributed by atoms with Gasteiger partial charge in [0.05, 0.1) is 5.60 Å². The van der Waals surface area contributed by atoms with Crippen LogP contribution in [0.3, 0.4) is 0 Å². The third kappa shape index (κ3) is 2.81. The van der Waals surface area contributed by atoms with Crippen LogP contribution in [-0.2, 0) is 11.3 Å². The Kier molecular flexibility index (Phi) is 3.55. The average molecular weight is 260 g/mol. The smallest absolute Gasteiger partial charge is 0.0815 e. The molecule has 0 unspecified atom stereocenters. The Hall–Kier alpha value is -1.36. The van der Waals surface area contributed by atoms with Crippen LogP contribution < -0.4 is 5.32 Å².